The Labute approximate surface area is 116 Å². The summed E-state index contributed by atoms with van der Waals surface area (Å²) in [7, 11) is 0. The maximum atomic E-state index is 4.42. The molecule has 0 aromatic carbocycles. The van der Waals surface area contributed by atoms with Gasteiger partial charge in [0, 0.05) is 11.1 Å². The molecule has 1 aromatic heterocycles. The van der Waals surface area contributed by atoms with Gasteiger partial charge < -0.3 is 5.32 Å². The van der Waals surface area contributed by atoms with Gasteiger partial charge in [-0.3, -0.25) is 0 Å². The minimum atomic E-state index is 0.406. The van der Waals surface area contributed by atoms with Crippen molar-refractivity contribution in [3.05, 3.63) is 16.1 Å². The second-order valence-corrected chi connectivity index (χ2v) is 6.37. The lowest BCUT2D eigenvalue weighted by molar-refractivity contribution is 0.523. The predicted octanol–water partition coefficient (Wildman–Crippen LogP) is 4.85. The second-order valence-electron chi connectivity index (χ2n) is 5.11. The van der Waals surface area contributed by atoms with Gasteiger partial charge in [0.2, 0.25) is 0 Å². The minimum Gasteiger partial charge on any atom is -0.308 e. The average Bonchev–Trinajstić information content (AvgIpc) is 2.79. The minimum absolute atomic E-state index is 0.406. The maximum absolute atomic E-state index is 4.42. The number of hydrogen-bond acceptors (Lipinski definition) is 3. The Morgan fingerprint density at radius 1 is 1.17 bits per heavy atom. The molecule has 1 rings (SSSR count). The summed E-state index contributed by atoms with van der Waals surface area (Å²) in [4.78, 5) is 5.72. The maximum Gasteiger partial charge on any atom is 0.109 e. The Morgan fingerprint density at radius 3 is 2.44 bits per heavy atom. The van der Waals surface area contributed by atoms with Crippen molar-refractivity contribution >= 4 is 11.3 Å². The third kappa shape index (κ3) is 6.50. The third-order valence-corrected chi connectivity index (χ3v) is 4.34. The van der Waals surface area contributed by atoms with E-state index in [1.165, 1.54) is 54.8 Å². The molecule has 0 aliphatic heterocycles. The van der Waals surface area contributed by atoms with Gasteiger partial charge in [-0.15, -0.1) is 11.3 Å². The van der Waals surface area contributed by atoms with E-state index in [-0.39, 0.29) is 0 Å². The fraction of sp³-hybridized carbons (Fsp3) is 0.800. The summed E-state index contributed by atoms with van der Waals surface area (Å²) in [6.07, 6.45) is 11.6. The molecule has 1 heterocycles. The summed E-state index contributed by atoms with van der Waals surface area (Å²) >= 11 is 1.80. The fourth-order valence-electron chi connectivity index (χ4n) is 2.06. The van der Waals surface area contributed by atoms with Gasteiger partial charge in [0.1, 0.15) is 5.01 Å². The molecule has 0 aliphatic rings. The number of nitrogens with one attached hydrogen (secondary N) is 1. The van der Waals surface area contributed by atoms with Crippen LogP contribution >= 0.6 is 11.3 Å². The first kappa shape index (κ1) is 15.6. The summed E-state index contributed by atoms with van der Waals surface area (Å²) in [5.41, 5.74) is 0. The van der Waals surface area contributed by atoms with Crippen LogP contribution in [-0.4, -0.2) is 11.5 Å². The van der Waals surface area contributed by atoms with Gasteiger partial charge in [0.25, 0.3) is 0 Å². The first-order chi connectivity index (χ1) is 8.74. The van der Waals surface area contributed by atoms with E-state index in [4.69, 9.17) is 0 Å². The summed E-state index contributed by atoms with van der Waals surface area (Å²) in [6, 6.07) is 0.406. The molecule has 0 fully saturated rings. The molecule has 0 bridgehead atoms. The number of aryl methyl sites for hydroxylation is 1. The van der Waals surface area contributed by atoms with E-state index in [2.05, 4.69) is 31.1 Å². The van der Waals surface area contributed by atoms with E-state index in [1.807, 2.05) is 6.20 Å². The summed E-state index contributed by atoms with van der Waals surface area (Å²) in [6.45, 7) is 7.71. The molecular formula is C15H28N2S. The first-order valence-electron chi connectivity index (χ1n) is 7.39. The van der Waals surface area contributed by atoms with Crippen molar-refractivity contribution in [3.63, 3.8) is 0 Å². The largest absolute Gasteiger partial charge is 0.308 e. The van der Waals surface area contributed by atoms with Crippen molar-refractivity contribution < 1.29 is 0 Å². The van der Waals surface area contributed by atoms with E-state index < -0.39 is 0 Å². The summed E-state index contributed by atoms with van der Waals surface area (Å²) in [5, 5.41) is 4.78. The van der Waals surface area contributed by atoms with Crippen LogP contribution in [-0.2, 0) is 0 Å². The van der Waals surface area contributed by atoms with Gasteiger partial charge in [-0.25, -0.2) is 4.98 Å². The lowest BCUT2D eigenvalue weighted by atomic mass is 10.1. The molecule has 0 spiro atoms. The van der Waals surface area contributed by atoms with Crippen LogP contribution < -0.4 is 5.32 Å². The van der Waals surface area contributed by atoms with Crippen molar-refractivity contribution in [2.75, 3.05) is 6.54 Å². The first-order valence-corrected chi connectivity index (χ1v) is 8.21. The van der Waals surface area contributed by atoms with Crippen LogP contribution in [0.3, 0.4) is 0 Å². The number of nitrogens with zero attached hydrogens (tertiary/aromatic N) is 1. The van der Waals surface area contributed by atoms with Crippen LogP contribution in [0.5, 0.6) is 0 Å². The van der Waals surface area contributed by atoms with Crippen LogP contribution in [0, 0.1) is 6.92 Å². The molecule has 1 atom stereocenters. The lowest BCUT2D eigenvalue weighted by Crippen LogP contribution is -2.19. The van der Waals surface area contributed by atoms with Crippen LogP contribution in [0.1, 0.15) is 74.7 Å². The Hall–Kier alpha value is -0.410. The Balaban J connectivity index is 1.97. The molecule has 0 aliphatic carbocycles. The van der Waals surface area contributed by atoms with Crippen molar-refractivity contribution in [1.82, 2.24) is 10.3 Å². The van der Waals surface area contributed by atoms with E-state index in [1.54, 1.807) is 11.3 Å². The van der Waals surface area contributed by atoms with Crippen LogP contribution in [0.15, 0.2) is 6.20 Å². The van der Waals surface area contributed by atoms with Gasteiger partial charge in [-0.1, -0.05) is 45.4 Å². The molecule has 18 heavy (non-hydrogen) atoms. The Bertz CT molecular complexity index is 309. The SMILES string of the molecule is CCCCCCCCCNC(C)c1ncc(C)s1. The average molecular weight is 268 g/mol. The Kier molecular flexibility index (Phi) is 8.27. The zero-order valence-corrected chi connectivity index (χ0v) is 13.0. The molecule has 0 saturated carbocycles. The van der Waals surface area contributed by atoms with E-state index in [0.29, 0.717) is 6.04 Å². The molecule has 1 N–H and O–H groups in total. The third-order valence-electron chi connectivity index (χ3n) is 3.24. The van der Waals surface area contributed by atoms with Gasteiger partial charge in [0.05, 0.1) is 6.04 Å². The molecule has 1 aromatic rings. The van der Waals surface area contributed by atoms with Gasteiger partial charge in [-0.2, -0.15) is 0 Å². The standard InChI is InChI=1S/C15H28N2S/c1-4-5-6-7-8-9-10-11-16-14(3)15-17-12-13(2)18-15/h12,14,16H,4-11H2,1-3H3. The van der Waals surface area contributed by atoms with Gasteiger partial charge in [-0.05, 0) is 26.8 Å². The number of unbranched alkanes of at least 4 members (excludes halogenated alkanes) is 6. The topological polar surface area (TPSA) is 24.9 Å². The molecule has 2 nitrogen and oxygen atoms in total. The highest BCUT2D eigenvalue weighted by molar-refractivity contribution is 7.11. The van der Waals surface area contributed by atoms with E-state index >= 15 is 0 Å². The van der Waals surface area contributed by atoms with Crippen molar-refractivity contribution in [2.24, 2.45) is 0 Å². The van der Waals surface area contributed by atoms with Crippen LogP contribution in [0.4, 0.5) is 0 Å². The highest BCUT2D eigenvalue weighted by Crippen LogP contribution is 2.18. The molecule has 3 heteroatoms. The van der Waals surface area contributed by atoms with Crippen molar-refractivity contribution in [1.29, 1.82) is 0 Å². The van der Waals surface area contributed by atoms with Crippen LogP contribution in [0.25, 0.3) is 0 Å². The highest BCUT2D eigenvalue weighted by atomic mass is 32.1. The predicted molar refractivity (Wildman–Crippen MR) is 81.3 cm³/mol. The summed E-state index contributed by atoms with van der Waals surface area (Å²) in [5.74, 6) is 0. The molecular weight excluding hydrogens is 240 g/mol. The number of hydrogen-bond donors (Lipinski definition) is 1. The quantitative estimate of drug-likeness (QED) is 0.613. The molecule has 1 unspecified atom stereocenters. The van der Waals surface area contributed by atoms with Gasteiger partial charge >= 0.3 is 0 Å². The number of aromatic nitrogens is 1. The van der Waals surface area contributed by atoms with E-state index in [9.17, 15) is 0 Å². The van der Waals surface area contributed by atoms with Crippen LogP contribution in [0.2, 0.25) is 0 Å². The van der Waals surface area contributed by atoms with E-state index in [0.717, 1.165) is 6.54 Å². The number of rotatable bonds is 10. The lowest BCUT2D eigenvalue weighted by Gasteiger charge is -2.10. The summed E-state index contributed by atoms with van der Waals surface area (Å²) < 4.78 is 0. The monoisotopic (exact) mass is 268 g/mol. The molecule has 0 radical (unpaired) electrons. The zero-order chi connectivity index (χ0) is 13.2. The Morgan fingerprint density at radius 2 is 1.83 bits per heavy atom. The van der Waals surface area contributed by atoms with Crippen molar-refractivity contribution in [2.45, 2.75) is 71.8 Å². The zero-order valence-electron chi connectivity index (χ0n) is 12.2. The van der Waals surface area contributed by atoms with Gasteiger partial charge in [0.15, 0.2) is 0 Å². The molecule has 104 valence electrons. The second kappa shape index (κ2) is 9.51. The molecule has 0 amide bonds. The number of thiazole rings is 1. The smallest absolute Gasteiger partial charge is 0.109 e. The normalized spacial score (nSPS) is 12.8. The highest BCUT2D eigenvalue weighted by Gasteiger charge is 2.07. The fourth-order valence-corrected chi connectivity index (χ4v) is 2.86. The van der Waals surface area contributed by atoms with Crippen molar-refractivity contribution in [3.8, 4) is 0 Å². The molecule has 0 saturated heterocycles.